The average molecular weight is 379 g/mol. The number of hydrogen-bond acceptors (Lipinski definition) is 3. The van der Waals surface area contributed by atoms with Gasteiger partial charge in [-0.15, -0.1) is 0 Å². The maximum atomic E-state index is 13.8. The molecule has 2 aliphatic heterocycles. The summed E-state index contributed by atoms with van der Waals surface area (Å²) in [6.45, 7) is 5.12. The first-order chi connectivity index (χ1) is 12.9. The summed E-state index contributed by atoms with van der Waals surface area (Å²) < 4.78 is 27.2. The molecule has 3 rings (SSSR count). The van der Waals surface area contributed by atoms with Gasteiger partial charge in [0.05, 0.1) is 6.54 Å². The smallest absolute Gasteiger partial charge is 0.241 e. The molecule has 27 heavy (non-hydrogen) atoms. The molecule has 2 fully saturated rings. The summed E-state index contributed by atoms with van der Waals surface area (Å²) in [5.74, 6) is -0.717. The fraction of sp³-hybridized carbons (Fsp3) is 0.600. The molecule has 0 aromatic heterocycles. The van der Waals surface area contributed by atoms with Crippen molar-refractivity contribution in [2.24, 2.45) is 11.8 Å². The van der Waals surface area contributed by atoms with Gasteiger partial charge in [-0.1, -0.05) is 12.1 Å². The summed E-state index contributed by atoms with van der Waals surface area (Å²) in [5, 5.41) is 2.56. The normalized spacial score (nSPS) is 21.4. The van der Waals surface area contributed by atoms with Gasteiger partial charge in [0.2, 0.25) is 11.8 Å². The van der Waals surface area contributed by atoms with Gasteiger partial charge < -0.3 is 10.2 Å². The topological polar surface area (TPSA) is 52.7 Å². The van der Waals surface area contributed by atoms with Crippen LogP contribution in [0.3, 0.4) is 0 Å². The van der Waals surface area contributed by atoms with Crippen LogP contribution in [0.15, 0.2) is 18.2 Å². The number of amides is 2. The second-order valence-corrected chi connectivity index (χ2v) is 7.62. The number of hydrogen-bond donors (Lipinski definition) is 1. The lowest BCUT2D eigenvalue weighted by Crippen LogP contribution is -2.40. The van der Waals surface area contributed by atoms with Gasteiger partial charge >= 0.3 is 0 Å². The van der Waals surface area contributed by atoms with E-state index in [0.29, 0.717) is 23.9 Å². The maximum absolute atomic E-state index is 13.8. The fourth-order valence-electron chi connectivity index (χ4n) is 4.20. The van der Waals surface area contributed by atoms with E-state index in [4.69, 9.17) is 0 Å². The Labute approximate surface area is 158 Å². The molecule has 5 nitrogen and oxygen atoms in total. The molecule has 0 saturated carbocycles. The van der Waals surface area contributed by atoms with Crippen LogP contribution in [0.5, 0.6) is 0 Å². The van der Waals surface area contributed by atoms with Crippen LogP contribution < -0.4 is 5.32 Å². The van der Waals surface area contributed by atoms with Crippen molar-refractivity contribution in [3.63, 3.8) is 0 Å². The maximum Gasteiger partial charge on any atom is 0.241 e. The van der Waals surface area contributed by atoms with Gasteiger partial charge in [0, 0.05) is 32.1 Å². The molecule has 7 heteroatoms. The van der Waals surface area contributed by atoms with Crippen molar-refractivity contribution >= 4 is 11.8 Å². The van der Waals surface area contributed by atoms with Crippen molar-refractivity contribution in [3.8, 4) is 0 Å². The third kappa shape index (κ3) is 5.03. The molecule has 2 aliphatic rings. The largest absolute Gasteiger partial charge is 0.347 e. The highest BCUT2D eigenvalue weighted by molar-refractivity contribution is 5.83. The number of halogens is 2. The molecule has 0 spiro atoms. The molecule has 0 bridgehead atoms. The summed E-state index contributed by atoms with van der Waals surface area (Å²) >= 11 is 0. The number of likely N-dealkylation sites (tertiary alicyclic amines) is 2. The van der Waals surface area contributed by atoms with E-state index >= 15 is 0 Å². The Hall–Kier alpha value is -2.02. The Bertz CT molecular complexity index is 690. The molecule has 2 heterocycles. The lowest BCUT2D eigenvalue weighted by atomic mass is 9.83. The molecule has 148 valence electrons. The second kappa shape index (κ2) is 8.78. The minimum atomic E-state index is -0.794. The van der Waals surface area contributed by atoms with Gasteiger partial charge in [-0.25, -0.2) is 8.78 Å². The Morgan fingerprint density at radius 1 is 1.11 bits per heavy atom. The van der Waals surface area contributed by atoms with E-state index in [1.54, 1.807) is 12.1 Å². The van der Waals surface area contributed by atoms with Crippen molar-refractivity contribution in [2.75, 3.05) is 32.7 Å². The van der Waals surface area contributed by atoms with Crippen LogP contribution in [-0.4, -0.2) is 54.3 Å². The standard InChI is InChI=1S/C20H27F2N3O2/c1-14(26)23-11-19(27)25-10-7-16(13-25)15-5-8-24(9-6-15)12-17-3-2-4-18(21)20(17)22/h2-4,15-16H,5-13H2,1H3,(H,23,26)/t16-/m0/s1. The van der Waals surface area contributed by atoms with Gasteiger partial charge in [0.15, 0.2) is 11.6 Å². The zero-order chi connectivity index (χ0) is 19.4. The number of nitrogens with zero attached hydrogens (tertiary/aromatic N) is 2. The quantitative estimate of drug-likeness (QED) is 0.853. The molecule has 0 radical (unpaired) electrons. The van der Waals surface area contributed by atoms with Crippen molar-refractivity contribution < 1.29 is 18.4 Å². The van der Waals surface area contributed by atoms with Gasteiger partial charge in [-0.2, -0.15) is 0 Å². The molecule has 0 unspecified atom stereocenters. The van der Waals surface area contributed by atoms with Gasteiger partial charge in [-0.3, -0.25) is 14.5 Å². The highest BCUT2D eigenvalue weighted by atomic mass is 19.2. The van der Waals surface area contributed by atoms with E-state index in [9.17, 15) is 18.4 Å². The molecular weight excluding hydrogens is 352 g/mol. The van der Waals surface area contributed by atoms with Gasteiger partial charge in [-0.05, 0) is 50.3 Å². The second-order valence-electron chi connectivity index (χ2n) is 7.62. The monoisotopic (exact) mass is 379 g/mol. The van der Waals surface area contributed by atoms with Crippen LogP contribution in [0.4, 0.5) is 8.78 Å². The highest BCUT2D eigenvalue weighted by Crippen LogP contribution is 2.32. The van der Waals surface area contributed by atoms with Crippen molar-refractivity contribution in [2.45, 2.75) is 32.7 Å². The lowest BCUT2D eigenvalue weighted by Gasteiger charge is -2.35. The highest BCUT2D eigenvalue weighted by Gasteiger charge is 2.33. The first-order valence-corrected chi connectivity index (χ1v) is 9.61. The number of carbonyl (C=O) groups excluding carboxylic acids is 2. The number of rotatable bonds is 5. The summed E-state index contributed by atoms with van der Waals surface area (Å²) in [7, 11) is 0. The summed E-state index contributed by atoms with van der Waals surface area (Å²) in [5.41, 5.74) is 0.407. The Morgan fingerprint density at radius 2 is 1.81 bits per heavy atom. The average Bonchev–Trinajstić information content (AvgIpc) is 3.14. The Balaban J connectivity index is 1.45. The van der Waals surface area contributed by atoms with Crippen LogP contribution in [-0.2, 0) is 16.1 Å². The number of benzene rings is 1. The molecular formula is C20H27F2N3O2. The van der Waals surface area contributed by atoms with Crippen molar-refractivity contribution in [1.82, 2.24) is 15.1 Å². The van der Waals surface area contributed by atoms with E-state index in [1.807, 2.05) is 4.90 Å². The first kappa shape index (κ1) is 19.7. The van der Waals surface area contributed by atoms with Gasteiger partial charge in [0.25, 0.3) is 0 Å². The molecule has 1 N–H and O–H groups in total. The molecule has 2 amide bonds. The number of carbonyl (C=O) groups is 2. The van der Waals surface area contributed by atoms with Crippen LogP contribution in [0.25, 0.3) is 0 Å². The van der Waals surface area contributed by atoms with E-state index in [0.717, 1.165) is 51.5 Å². The molecule has 1 aromatic rings. The lowest BCUT2D eigenvalue weighted by molar-refractivity contribution is -0.131. The minimum absolute atomic E-state index is 0.0216. The number of piperidine rings is 1. The molecule has 1 atom stereocenters. The predicted octanol–water partition coefficient (Wildman–Crippen LogP) is 2.16. The summed E-state index contributed by atoms with van der Waals surface area (Å²) in [4.78, 5) is 27.1. The first-order valence-electron chi connectivity index (χ1n) is 9.61. The summed E-state index contributed by atoms with van der Waals surface area (Å²) in [6.07, 6.45) is 3.01. The zero-order valence-corrected chi connectivity index (χ0v) is 15.7. The minimum Gasteiger partial charge on any atom is -0.347 e. The predicted molar refractivity (Wildman–Crippen MR) is 97.7 cm³/mol. The van der Waals surface area contributed by atoms with Gasteiger partial charge in [0.1, 0.15) is 0 Å². The van der Waals surface area contributed by atoms with Crippen LogP contribution in [0.2, 0.25) is 0 Å². The Morgan fingerprint density at radius 3 is 2.52 bits per heavy atom. The van der Waals surface area contributed by atoms with Crippen LogP contribution in [0, 0.1) is 23.5 Å². The van der Waals surface area contributed by atoms with E-state index < -0.39 is 11.6 Å². The molecule has 2 saturated heterocycles. The molecule has 1 aromatic carbocycles. The zero-order valence-electron chi connectivity index (χ0n) is 15.7. The van der Waals surface area contributed by atoms with Crippen molar-refractivity contribution in [3.05, 3.63) is 35.4 Å². The third-order valence-electron chi connectivity index (χ3n) is 5.79. The van der Waals surface area contributed by atoms with Crippen molar-refractivity contribution in [1.29, 1.82) is 0 Å². The van der Waals surface area contributed by atoms with E-state index in [1.165, 1.54) is 6.92 Å². The Kier molecular flexibility index (Phi) is 6.42. The fourth-order valence-corrected chi connectivity index (χ4v) is 4.20. The molecule has 0 aliphatic carbocycles. The van der Waals surface area contributed by atoms with Crippen LogP contribution >= 0.6 is 0 Å². The third-order valence-corrected chi connectivity index (χ3v) is 5.79. The number of nitrogens with one attached hydrogen (secondary N) is 1. The van der Waals surface area contributed by atoms with E-state index in [2.05, 4.69) is 10.2 Å². The van der Waals surface area contributed by atoms with Crippen LogP contribution in [0.1, 0.15) is 31.7 Å². The SMILES string of the molecule is CC(=O)NCC(=O)N1CC[C@H](C2CCN(Cc3cccc(F)c3F)CC2)C1. The van der Waals surface area contributed by atoms with E-state index in [-0.39, 0.29) is 18.4 Å². The summed E-state index contributed by atoms with van der Waals surface area (Å²) in [6, 6.07) is 4.33.